The zero-order valence-corrected chi connectivity index (χ0v) is 16.9. The number of hydrogen-bond donors (Lipinski definition) is 1. The zero-order chi connectivity index (χ0) is 17.5. The van der Waals surface area contributed by atoms with Gasteiger partial charge >= 0.3 is 0 Å². The molecule has 1 aromatic heterocycles. The average Bonchev–Trinajstić information content (AvgIpc) is 3.02. The summed E-state index contributed by atoms with van der Waals surface area (Å²) in [5.41, 5.74) is 0.846. The fraction of sp³-hybridized carbons (Fsp3) is 0.353. The molecule has 0 aliphatic carbocycles. The van der Waals surface area contributed by atoms with E-state index in [-0.39, 0.29) is 0 Å². The largest absolute Gasteiger partial charge is 0.344 e. The second-order valence-corrected chi connectivity index (χ2v) is 7.95. The summed E-state index contributed by atoms with van der Waals surface area (Å²) in [4.78, 5) is 5.66. The Morgan fingerprint density at radius 3 is 2.58 bits per heavy atom. The van der Waals surface area contributed by atoms with E-state index in [4.69, 9.17) is 35.4 Å². The predicted octanol–water partition coefficient (Wildman–Crippen LogP) is 5.21. The van der Waals surface area contributed by atoms with Crippen molar-refractivity contribution in [1.29, 1.82) is 0 Å². The van der Waals surface area contributed by atoms with Gasteiger partial charge in [0, 0.05) is 17.1 Å². The standard InChI is InChI=1S/C17H21Cl2N3S2/c1-21(2)8-4-9-22(12-14-5-3-10-24-14)17(23)20-13-6-7-15(18)16(19)11-13/h3,5-7,10-11H,4,8-9,12H2,1-2H3,(H,20,23). The van der Waals surface area contributed by atoms with Crippen molar-refractivity contribution < 1.29 is 0 Å². The third-order valence-electron chi connectivity index (χ3n) is 3.42. The maximum atomic E-state index is 6.08. The van der Waals surface area contributed by atoms with Gasteiger partial charge < -0.3 is 15.1 Å². The van der Waals surface area contributed by atoms with E-state index < -0.39 is 0 Å². The summed E-state index contributed by atoms with van der Waals surface area (Å²) in [5.74, 6) is 0. The Morgan fingerprint density at radius 1 is 1.17 bits per heavy atom. The number of anilines is 1. The molecule has 1 N–H and O–H groups in total. The molecular formula is C17H21Cl2N3S2. The Morgan fingerprint density at radius 2 is 1.96 bits per heavy atom. The molecule has 130 valence electrons. The maximum absolute atomic E-state index is 6.08. The fourth-order valence-electron chi connectivity index (χ4n) is 2.20. The van der Waals surface area contributed by atoms with Crippen LogP contribution in [0.2, 0.25) is 10.0 Å². The highest BCUT2D eigenvalue weighted by Crippen LogP contribution is 2.25. The van der Waals surface area contributed by atoms with E-state index in [1.54, 1.807) is 23.5 Å². The molecule has 0 saturated heterocycles. The molecule has 2 aromatic rings. The van der Waals surface area contributed by atoms with Gasteiger partial charge in [0.15, 0.2) is 5.11 Å². The molecule has 2 rings (SSSR count). The molecule has 0 saturated carbocycles. The maximum Gasteiger partial charge on any atom is 0.173 e. The summed E-state index contributed by atoms with van der Waals surface area (Å²) in [6, 6.07) is 9.63. The van der Waals surface area contributed by atoms with Gasteiger partial charge in [-0.05, 0) is 68.9 Å². The van der Waals surface area contributed by atoms with Gasteiger partial charge in [0.05, 0.1) is 16.6 Å². The van der Waals surface area contributed by atoms with Gasteiger partial charge in [0.1, 0.15) is 0 Å². The summed E-state index contributed by atoms with van der Waals surface area (Å²) in [6.45, 7) is 2.72. The van der Waals surface area contributed by atoms with Crippen LogP contribution in [0.15, 0.2) is 35.7 Å². The molecule has 1 aromatic carbocycles. The van der Waals surface area contributed by atoms with Crippen LogP contribution in [0.3, 0.4) is 0 Å². The van der Waals surface area contributed by atoms with Crippen LogP contribution in [0.4, 0.5) is 5.69 Å². The number of thiophene rings is 1. The first-order valence-corrected chi connectivity index (χ1v) is 9.68. The third-order valence-corrected chi connectivity index (χ3v) is 5.38. The van der Waals surface area contributed by atoms with Crippen LogP contribution < -0.4 is 5.32 Å². The molecule has 7 heteroatoms. The Bertz CT molecular complexity index is 660. The summed E-state index contributed by atoms with van der Waals surface area (Å²) in [5, 5.41) is 7.10. The van der Waals surface area contributed by atoms with Crippen molar-refractivity contribution in [1.82, 2.24) is 9.80 Å². The van der Waals surface area contributed by atoms with Gasteiger partial charge in [0.2, 0.25) is 0 Å². The summed E-state index contributed by atoms with van der Waals surface area (Å²) < 4.78 is 0. The lowest BCUT2D eigenvalue weighted by molar-refractivity contribution is 0.347. The van der Waals surface area contributed by atoms with Crippen molar-refractivity contribution in [2.24, 2.45) is 0 Å². The lowest BCUT2D eigenvalue weighted by Crippen LogP contribution is -2.36. The highest BCUT2D eigenvalue weighted by molar-refractivity contribution is 7.80. The Hall–Kier alpha value is -0.850. The Labute approximate surface area is 163 Å². The van der Waals surface area contributed by atoms with E-state index in [2.05, 4.69) is 46.7 Å². The van der Waals surface area contributed by atoms with E-state index in [0.717, 1.165) is 31.7 Å². The second kappa shape index (κ2) is 9.59. The topological polar surface area (TPSA) is 18.5 Å². The summed E-state index contributed by atoms with van der Waals surface area (Å²) >= 11 is 19.4. The van der Waals surface area contributed by atoms with Crippen molar-refractivity contribution in [2.45, 2.75) is 13.0 Å². The van der Waals surface area contributed by atoms with Crippen molar-refractivity contribution >= 4 is 57.6 Å². The summed E-state index contributed by atoms with van der Waals surface area (Å²) in [6.07, 6.45) is 1.04. The van der Waals surface area contributed by atoms with Gasteiger partial charge in [-0.25, -0.2) is 0 Å². The third kappa shape index (κ3) is 6.22. The van der Waals surface area contributed by atoms with Gasteiger partial charge in [-0.15, -0.1) is 11.3 Å². The van der Waals surface area contributed by atoms with Crippen molar-refractivity contribution in [3.63, 3.8) is 0 Å². The molecule has 1 heterocycles. The van der Waals surface area contributed by atoms with Crippen LogP contribution in [0, 0.1) is 0 Å². The zero-order valence-electron chi connectivity index (χ0n) is 13.8. The Balaban J connectivity index is 2.03. The van der Waals surface area contributed by atoms with E-state index in [0.29, 0.717) is 15.2 Å². The van der Waals surface area contributed by atoms with Gasteiger partial charge in [-0.1, -0.05) is 29.3 Å². The number of halogens is 2. The molecule has 0 amide bonds. The molecule has 0 aliphatic heterocycles. The lowest BCUT2D eigenvalue weighted by atomic mass is 10.3. The number of nitrogens with one attached hydrogen (secondary N) is 1. The van der Waals surface area contributed by atoms with Crippen LogP contribution in [0.5, 0.6) is 0 Å². The normalized spacial score (nSPS) is 10.9. The summed E-state index contributed by atoms with van der Waals surface area (Å²) in [7, 11) is 4.16. The van der Waals surface area contributed by atoms with E-state index in [9.17, 15) is 0 Å². The number of hydrogen-bond acceptors (Lipinski definition) is 3. The molecule has 0 fully saturated rings. The number of nitrogens with zero attached hydrogens (tertiary/aromatic N) is 2. The minimum absolute atomic E-state index is 0.516. The molecule has 0 spiro atoms. The molecule has 3 nitrogen and oxygen atoms in total. The first kappa shape index (κ1) is 19.5. The van der Waals surface area contributed by atoms with Crippen LogP contribution >= 0.6 is 46.8 Å². The van der Waals surface area contributed by atoms with Crippen LogP contribution in [-0.4, -0.2) is 42.1 Å². The van der Waals surface area contributed by atoms with Gasteiger partial charge in [-0.3, -0.25) is 0 Å². The molecule has 0 aliphatic rings. The van der Waals surface area contributed by atoms with Gasteiger partial charge in [-0.2, -0.15) is 0 Å². The van der Waals surface area contributed by atoms with Crippen LogP contribution in [0.1, 0.15) is 11.3 Å². The minimum atomic E-state index is 0.516. The molecule has 24 heavy (non-hydrogen) atoms. The van der Waals surface area contributed by atoms with Crippen molar-refractivity contribution in [3.05, 3.63) is 50.6 Å². The Kier molecular flexibility index (Phi) is 7.78. The van der Waals surface area contributed by atoms with E-state index in [1.165, 1.54) is 4.88 Å². The predicted molar refractivity (Wildman–Crippen MR) is 111 cm³/mol. The second-order valence-electron chi connectivity index (χ2n) is 5.72. The van der Waals surface area contributed by atoms with Gasteiger partial charge in [0.25, 0.3) is 0 Å². The minimum Gasteiger partial charge on any atom is -0.344 e. The lowest BCUT2D eigenvalue weighted by Gasteiger charge is -2.26. The molecule has 0 unspecified atom stereocenters. The first-order valence-electron chi connectivity index (χ1n) is 7.64. The number of benzene rings is 1. The SMILES string of the molecule is CN(C)CCCN(Cc1cccs1)C(=S)Nc1ccc(Cl)c(Cl)c1. The van der Waals surface area contributed by atoms with Crippen molar-refractivity contribution in [2.75, 3.05) is 32.5 Å². The van der Waals surface area contributed by atoms with E-state index >= 15 is 0 Å². The molecule has 0 bridgehead atoms. The quantitative estimate of drug-likeness (QED) is 0.641. The number of thiocarbonyl (C=S) groups is 1. The molecule has 0 atom stereocenters. The van der Waals surface area contributed by atoms with Crippen LogP contribution in [-0.2, 0) is 6.54 Å². The highest BCUT2D eigenvalue weighted by atomic mass is 35.5. The van der Waals surface area contributed by atoms with Crippen LogP contribution in [0.25, 0.3) is 0 Å². The average molecular weight is 402 g/mol. The smallest absolute Gasteiger partial charge is 0.173 e. The number of rotatable bonds is 7. The highest BCUT2D eigenvalue weighted by Gasteiger charge is 2.12. The monoisotopic (exact) mass is 401 g/mol. The fourth-order valence-corrected chi connectivity index (χ4v) is 3.49. The van der Waals surface area contributed by atoms with E-state index in [1.807, 2.05) is 6.07 Å². The molecule has 0 radical (unpaired) electrons. The molecular weight excluding hydrogens is 381 g/mol. The van der Waals surface area contributed by atoms with Crippen molar-refractivity contribution in [3.8, 4) is 0 Å². The first-order chi connectivity index (χ1) is 11.5.